The van der Waals surface area contributed by atoms with Gasteiger partial charge in [-0.3, -0.25) is 9.59 Å². The molecule has 0 rings (SSSR count). The predicted octanol–water partition coefficient (Wildman–Crippen LogP) is 1.38. The molecule has 82 valence electrons. The summed E-state index contributed by atoms with van der Waals surface area (Å²) in [4.78, 5) is 22.8. The fraction of sp³-hybridized carbons (Fsp3) is 0.778. The molecule has 0 heterocycles. The zero-order valence-corrected chi connectivity index (χ0v) is 10.6. The lowest BCUT2D eigenvalue weighted by molar-refractivity contribution is -0.136. The zero-order chi connectivity index (χ0) is 11.1. The molecule has 0 saturated carbocycles. The van der Waals surface area contributed by atoms with Crippen molar-refractivity contribution >= 4 is 35.2 Å². The summed E-state index contributed by atoms with van der Waals surface area (Å²) in [5, 5.41) is 2.62. The van der Waals surface area contributed by atoms with Crippen LogP contribution in [0.2, 0.25) is 0 Å². The number of rotatable bonds is 6. The maximum absolute atomic E-state index is 11.5. The van der Waals surface area contributed by atoms with E-state index in [2.05, 4.69) is 5.32 Å². The number of thioether (sulfide) groups is 2. The minimum absolute atomic E-state index is 0.276. The van der Waals surface area contributed by atoms with E-state index in [4.69, 9.17) is 0 Å². The Morgan fingerprint density at radius 3 is 2.07 bits per heavy atom. The molecular formula is C9H17NO2S2. The highest BCUT2D eigenvalue weighted by atomic mass is 32.2. The first-order valence-electron chi connectivity index (χ1n) is 4.40. The number of carbonyl (C=O) groups excluding carboxylic acids is 2. The van der Waals surface area contributed by atoms with Gasteiger partial charge in [-0.15, -0.1) is 23.5 Å². The normalized spacial score (nSPS) is 10.7. The van der Waals surface area contributed by atoms with Gasteiger partial charge in [-0.25, -0.2) is 0 Å². The predicted molar refractivity (Wildman–Crippen MR) is 63.7 cm³/mol. The van der Waals surface area contributed by atoms with Gasteiger partial charge >= 0.3 is 0 Å². The van der Waals surface area contributed by atoms with Crippen molar-refractivity contribution in [3.05, 3.63) is 0 Å². The fourth-order valence-electron chi connectivity index (χ4n) is 0.801. The number of Topliss-reactive ketones (excluding diaryl/α,β-unsaturated/α-hetero) is 1. The van der Waals surface area contributed by atoms with E-state index in [1.807, 2.05) is 26.4 Å². The van der Waals surface area contributed by atoms with Crippen molar-refractivity contribution in [1.82, 2.24) is 5.32 Å². The Bertz CT molecular complexity index is 203. The highest BCUT2D eigenvalue weighted by Gasteiger charge is 2.23. The van der Waals surface area contributed by atoms with Crippen LogP contribution < -0.4 is 5.32 Å². The number of ketones is 1. The number of hydrogen-bond donors (Lipinski definition) is 1. The van der Waals surface area contributed by atoms with Crippen LogP contribution in [-0.2, 0) is 9.59 Å². The molecule has 0 aliphatic heterocycles. The summed E-state index contributed by atoms with van der Waals surface area (Å²) in [5.41, 5.74) is 0. The van der Waals surface area contributed by atoms with Crippen LogP contribution >= 0.6 is 23.5 Å². The van der Waals surface area contributed by atoms with Crippen molar-refractivity contribution in [2.75, 3.05) is 19.1 Å². The molecule has 3 nitrogen and oxygen atoms in total. The smallest absolute Gasteiger partial charge is 0.289 e. The van der Waals surface area contributed by atoms with Crippen LogP contribution in [0.25, 0.3) is 0 Å². The standard InChI is InChI=1S/C9H17NO2S2/c1-6(2)5-10-8(12)7(11)9(13-3)14-4/h6,9H,5H2,1-4H3,(H,10,12). The summed E-state index contributed by atoms with van der Waals surface area (Å²) in [6.45, 7) is 4.54. The van der Waals surface area contributed by atoms with E-state index in [0.29, 0.717) is 12.5 Å². The lowest BCUT2D eigenvalue weighted by atomic mass is 10.2. The van der Waals surface area contributed by atoms with Crippen LogP contribution in [0.3, 0.4) is 0 Å². The van der Waals surface area contributed by atoms with Gasteiger partial charge in [0.2, 0.25) is 5.78 Å². The Balaban J connectivity index is 4.04. The van der Waals surface area contributed by atoms with E-state index in [-0.39, 0.29) is 10.4 Å². The van der Waals surface area contributed by atoms with Gasteiger partial charge in [-0.1, -0.05) is 13.8 Å². The van der Waals surface area contributed by atoms with E-state index < -0.39 is 5.91 Å². The Labute approximate surface area is 93.8 Å². The van der Waals surface area contributed by atoms with Crippen LogP contribution in [0.5, 0.6) is 0 Å². The average molecular weight is 235 g/mol. The largest absolute Gasteiger partial charge is 0.349 e. The number of hydrogen-bond acceptors (Lipinski definition) is 4. The molecule has 1 amide bonds. The van der Waals surface area contributed by atoms with Crippen molar-refractivity contribution in [2.24, 2.45) is 5.92 Å². The molecule has 0 saturated heterocycles. The van der Waals surface area contributed by atoms with Crippen LogP contribution in [0.1, 0.15) is 13.8 Å². The molecule has 0 radical (unpaired) electrons. The summed E-state index contributed by atoms with van der Waals surface area (Å²) < 4.78 is -0.276. The van der Waals surface area contributed by atoms with Gasteiger partial charge in [0.25, 0.3) is 5.91 Å². The summed E-state index contributed by atoms with van der Waals surface area (Å²) in [6, 6.07) is 0. The van der Waals surface area contributed by atoms with E-state index in [1.165, 1.54) is 23.5 Å². The maximum Gasteiger partial charge on any atom is 0.289 e. The Morgan fingerprint density at radius 2 is 1.71 bits per heavy atom. The molecule has 0 fully saturated rings. The number of amides is 1. The van der Waals surface area contributed by atoms with Gasteiger partial charge in [0.15, 0.2) is 0 Å². The Kier molecular flexibility index (Phi) is 7.09. The summed E-state index contributed by atoms with van der Waals surface area (Å²) in [6.07, 6.45) is 3.66. The highest BCUT2D eigenvalue weighted by molar-refractivity contribution is 8.17. The van der Waals surface area contributed by atoms with Gasteiger partial charge in [0.1, 0.15) is 4.58 Å². The molecule has 5 heteroatoms. The Morgan fingerprint density at radius 1 is 1.21 bits per heavy atom. The molecule has 0 aliphatic rings. The van der Waals surface area contributed by atoms with Crippen LogP contribution in [-0.4, -0.2) is 35.3 Å². The molecule has 0 unspecified atom stereocenters. The van der Waals surface area contributed by atoms with E-state index in [0.717, 1.165) is 0 Å². The molecule has 0 spiro atoms. The van der Waals surface area contributed by atoms with E-state index in [9.17, 15) is 9.59 Å². The second-order valence-electron chi connectivity index (χ2n) is 3.27. The lowest BCUT2D eigenvalue weighted by Gasteiger charge is -2.11. The molecule has 0 aromatic heterocycles. The molecule has 0 atom stereocenters. The number of carbonyl (C=O) groups is 2. The highest BCUT2D eigenvalue weighted by Crippen LogP contribution is 2.19. The van der Waals surface area contributed by atoms with Crippen molar-refractivity contribution < 1.29 is 9.59 Å². The second kappa shape index (κ2) is 7.17. The van der Waals surface area contributed by atoms with Crippen LogP contribution in [0, 0.1) is 5.92 Å². The van der Waals surface area contributed by atoms with Crippen LogP contribution in [0.15, 0.2) is 0 Å². The van der Waals surface area contributed by atoms with Crippen molar-refractivity contribution in [1.29, 1.82) is 0 Å². The third kappa shape index (κ3) is 4.91. The van der Waals surface area contributed by atoms with Crippen LogP contribution in [0.4, 0.5) is 0 Å². The summed E-state index contributed by atoms with van der Waals surface area (Å²) in [5.74, 6) is -0.438. The monoisotopic (exact) mass is 235 g/mol. The summed E-state index contributed by atoms with van der Waals surface area (Å²) >= 11 is 2.79. The Hall–Kier alpha value is -0.160. The summed E-state index contributed by atoms with van der Waals surface area (Å²) in [7, 11) is 0. The minimum atomic E-state index is -0.465. The first-order chi connectivity index (χ1) is 6.52. The van der Waals surface area contributed by atoms with Crippen molar-refractivity contribution in [3.63, 3.8) is 0 Å². The number of nitrogens with one attached hydrogen (secondary N) is 1. The molecule has 0 aromatic carbocycles. The van der Waals surface area contributed by atoms with Gasteiger partial charge in [0, 0.05) is 6.54 Å². The third-order valence-corrected chi connectivity index (χ3v) is 3.98. The average Bonchev–Trinajstić information content (AvgIpc) is 2.15. The van der Waals surface area contributed by atoms with Gasteiger partial charge < -0.3 is 5.32 Å². The molecule has 0 aromatic rings. The third-order valence-electron chi connectivity index (χ3n) is 1.54. The first-order valence-corrected chi connectivity index (χ1v) is 6.98. The van der Waals surface area contributed by atoms with E-state index >= 15 is 0 Å². The van der Waals surface area contributed by atoms with Gasteiger partial charge in [0.05, 0.1) is 0 Å². The van der Waals surface area contributed by atoms with Gasteiger partial charge in [-0.2, -0.15) is 0 Å². The molecular weight excluding hydrogens is 218 g/mol. The van der Waals surface area contributed by atoms with Crippen molar-refractivity contribution in [3.8, 4) is 0 Å². The topological polar surface area (TPSA) is 46.2 Å². The first kappa shape index (κ1) is 13.8. The molecule has 14 heavy (non-hydrogen) atoms. The maximum atomic E-state index is 11.5. The van der Waals surface area contributed by atoms with E-state index in [1.54, 1.807) is 0 Å². The zero-order valence-electron chi connectivity index (χ0n) is 8.99. The van der Waals surface area contributed by atoms with Gasteiger partial charge in [-0.05, 0) is 18.4 Å². The minimum Gasteiger partial charge on any atom is -0.349 e. The second-order valence-corrected chi connectivity index (χ2v) is 5.46. The van der Waals surface area contributed by atoms with Crippen molar-refractivity contribution in [2.45, 2.75) is 18.4 Å². The fourth-order valence-corrected chi connectivity index (χ4v) is 2.21. The molecule has 0 bridgehead atoms. The quantitative estimate of drug-likeness (QED) is 0.558. The SMILES string of the molecule is CSC(SC)C(=O)C(=O)NCC(C)C. The molecule has 0 aliphatic carbocycles. The lowest BCUT2D eigenvalue weighted by Crippen LogP contribution is -2.37. The molecule has 1 N–H and O–H groups in total.